The molecule has 132 valence electrons. The van der Waals surface area contributed by atoms with Gasteiger partial charge in [0.15, 0.2) is 0 Å². The molecule has 0 fully saturated rings. The van der Waals surface area contributed by atoms with Crippen molar-refractivity contribution in [2.75, 3.05) is 6.01 Å². The lowest BCUT2D eigenvalue weighted by Gasteiger charge is -2.29. The third-order valence-electron chi connectivity index (χ3n) is 5.06. The molecule has 1 aliphatic carbocycles. The van der Waals surface area contributed by atoms with Gasteiger partial charge in [0, 0.05) is 4.90 Å². The van der Waals surface area contributed by atoms with Gasteiger partial charge in [-0.3, -0.25) is 0 Å². The number of halogens is 1. The molecule has 2 rings (SSSR count). The molecule has 0 amide bonds. The fourth-order valence-electron chi connectivity index (χ4n) is 3.69. The number of benzene rings is 1. The minimum atomic E-state index is -0.354. The van der Waals surface area contributed by atoms with Crippen LogP contribution in [0.2, 0.25) is 0 Å². The van der Waals surface area contributed by atoms with Crippen LogP contribution >= 0.6 is 11.8 Å². The van der Waals surface area contributed by atoms with E-state index >= 15 is 0 Å². The van der Waals surface area contributed by atoms with E-state index in [1.165, 1.54) is 39.6 Å². The quantitative estimate of drug-likeness (QED) is 0.387. The van der Waals surface area contributed by atoms with Crippen molar-refractivity contribution in [2.45, 2.75) is 58.8 Å². The van der Waals surface area contributed by atoms with E-state index in [9.17, 15) is 4.39 Å². The van der Waals surface area contributed by atoms with Crippen molar-refractivity contribution >= 4 is 17.3 Å². The Labute approximate surface area is 151 Å². The topological polar surface area (TPSA) is 0 Å². The van der Waals surface area contributed by atoms with E-state index in [1.807, 2.05) is 0 Å². The van der Waals surface area contributed by atoms with Crippen LogP contribution in [-0.4, -0.2) is 6.01 Å². The minimum Gasteiger partial charge on any atom is -0.239 e. The van der Waals surface area contributed by atoms with E-state index in [0.717, 1.165) is 24.2 Å². The van der Waals surface area contributed by atoms with Crippen molar-refractivity contribution in [3.63, 3.8) is 0 Å². The van der Waals surface area contributed by atoms with Crippen LogP contribution in [0.3, 0.4) is 0 Å². The highest BCUT2D eigenvalue weighted by Gasteiger charge is 2.25. The van der Waals surface area contributed by atoms with Gasteiger partial charge in [-0.15, -0.1) is 0 Å². The van der Waals surface area contributed by atoms with Gasteiger partial charge in [-0.1, -0.05) is 62.9 Å². The first-order valence-electron chi connectivity index (χ1n) is 9.03. The molecule has 0 aliphatic heterocycles. The Hall–Kier alpha value is -1.02. The van der Waals surface area contributed by atoms with Gasteiger partial charge in [-0.2, -0.15) is 0 Å². The van der Waals surface area contributed by atoms with Crippen molar-refractivity contribution in [2.24, 2.45) is 17.8 Å². The summed E-state index contributed by atoms with van der Waals surface area (Å²) in [6.07, 6.45) is 5.79. The van der Waals surface area contributed by atoms with Crippen LogP contribution in [0.1, 0.15) is 57.2 Å². The molecule has 2 atom stereocenters. The molecule has 0 N–H and O–H groups in total. The van der Waals surface area contributed by atoms with Gasteiger partial charge in [-0.25, -0.2) is 4.39 Å². The molecule has 0 heterocycles. The lowest BCUT2D eigenvalue weighted by molar-refractivity contribution is 0.515. The molecule has 2 unspecified atom stereocenters. The Bertz CT molecular complexity index is 627. The summed E-state index contributed by atoms with van der Waals surface area (Å²) in [6, 6.07) is 4.05. The standard InChI is InChI=1S/C22H31FS/c1-14(2)11-18(15(3)4)12-21-16(5)7-10-20-19(21)9-8-17(6)22(20)24-13-23/h8-9,12,14,16,18H,3,7,10-11,13H2,1-2,4-6H3/b21-12+. The monoisotopic (exact) mass is 346 g/mol. The Morgan fingerprint density at radius 3 is 2.71 bits per heavy atom. The normalized spacial score (nSPS) is 20.3. The van der Waals surface area contributed by atoms with Crippen LogP contribution in [0.4, 0.5) is 4.39 Å². The van der Waals surface area contributed by atoms with Crippen molar-refractivity contribution in [1.82, 2.24) is 0 Å². The number of aryl methyl sites for hydroxylation is 1. The maximum Gasteiger partial charge on any atom is 0.139 e. The molecule has 0 spiro atoms. The largest absolute Gasteiger partial charge is 0.239 e. The van der Waals surface area contributed by atoms with Crippen molar-refractivity contribution in [3.8, 4) is 0 Å². The van der Waals surface area contributed by atoms with E-state index in [-0.39, 0.29) is 6.01 Å². The van der Waals surface area contributed by atoms with Crippen LogP contribution in [0, 0.1) is 24.7 Å². The van der Waals surface area contributed by atoms with Gasteiger partial charge in [0.2, 0.25) is 0 Å². The average Bonchev–Trinajstić information content (AvgIpc) is 2.51. The van der Waals surface area contributed by atoms with Crippen molar-refractivity contribution in [3.05, 3.63) is 47.1 Å². The number of alkyl halides is 1. The summed E-state index contributed by atoms with van der Waals surface area (Å²) in [7, 11) is 0. The summed E-state index contributed by atoms with van der Waals surface area (Å²) in [4.78, 5) is 1.16. The molecule has 2 heteroatoms. The molecular weight excluding hydrogens is 315 g/mol. The highest BCUT2D eigenvalue weighted by molar-refractivity contribution is 7.99. The van der Waals surface area contributed by atoms with Gasteiger partial charge in [0.25, 0.3) is 0 Å². The van der Waals surface area contributed by atoms with E-state index < -0.39 is 0 Å². The Morgan fingerprint density at radius 1 is 1.42 bits per heavy atom. The fourth-order valence-corrected chi connectivity index (χ4v) is 4.48. The van der Waals surface area contributed by atoms with Gasteiger partial charge in [0.05, 0.1) is 0 Å². The molecule has 1 aromatic carbocycles. The van der Waals surface area contributed by atoms with Crippen LogP contribution < -0.4 is 0 Å². The highest BCUT2D eigenvalue weighted by atomic mass is 32.2. The summed E-state index contributed by atoms with van der Waals surface area (Å²) < 4.78 is 13.0. The first-order chi connectivity index (χ1) is 11.3. The second-order valence-corrected chi connectivity index (χ2v) is 8.55. The first kappa shape index (κ1) is 19.3. The zero-order valence-electron chi connectivity index (χ0n) is 15.8. The Morgan fingerprint density at radius 2 is 2.12 bits per heavy atom. The van der Waals surface area contributed by atoms with Crippen LogP contribution in [0.15, 0.2) is 35.3 Å². The highest BCUT2D eigenvalue weighted by Crippen LogP contribution is 2.42. The minimum absolute atomic E-state index is 0.354. The lowest BCUT2D eigenvalue weighted by atomic mass is 9.77. The number of thioether (sulfide) groups is 1. The lowest BCUT2D eigenvalue weighted by Crippen LogP contribution is -2.14. The third kappa shape index (κ3) is 4.33. The Kier molecular flexibility index (Phi) is 6.74. The van der Waals surface area contributed by atoms with Crippen molar-refractivity contribution in [1.29, 1.82) is 0 Å². The van der Waals surface area contributed by atoms with E-state index in [2.05, 4.69) is 59.4 Å². The van der Waals surface area contributed by atoms with Gasteiger partial charge in [0.1, 0.15) is 6.01 Å². The molecule has 24 heavy (non-hydrogen) atoms. The zero-order chi connectivity index (χ0) is 17.9. The van der Waals surface area contributed by atoms with Crippen LogP contribution in [0.5, 0.6) is 0 Å². The number of rotatable bonds is 6. The fraction of sp³-hybridized carbons (Fsp3) is 0.545. The number of allylic oxidation sites excluding steroid dienone is 3. The molecule has 0 nitrogen and oxygen atoms in total. The molecule has 0 radical (unpaired) electrons. The maximum atomic E-state index is 13.0. The maximum absolute atomic E-state index is 13.0. The first-order valence-corrected chi connectivity index (χ1v) is 10.0. The average molecular weight is 347 g/mol. The molecular formula is C22H31FS. The summed E-state index contributed by atoms with van der Waals surface area (Å²) in [6.45, 7) is 15.3. The molecule has 1 aromatic rings. The molecule has 1 aliphatic rings. The van der Waals surface area contributed by atoms with Crippen LogP contribution in [-0.2, 0) is 6.42 Å². The smallest absolute Gasteiger partial charge is 0.139 e. The van der Waals surface area contributed by atoms with E-state index in [0.29, 0.717) is 17.8 Å². The second-order valence-electron chi connectivity index (χ2n) is 7.64. The van der Waals surface area contributed by atoms with Crippen LogP contribution in [0.25, 0.3) is 5.57 Å². The molecule has 0 saturated heterocycles. The molecule has 0 bridgehead atoms. The second kappa shape index (κ2) is 8.38. The summed E-state index contributed by atoms with van der Waals surface area (Å²) in [5.41, 5.74) is 6.56. The predicted octanol–water partition coefficient (Wildman–Crippen LogP) is 7.22. The van der Waals surface area contributed by atoms with Gasteiger partial charge in [-0.05, 0) is 73.1 Å². The predicted molar refractivity (Wildman–Crippen MR) is 106 cm³/mol. The molecule has 0 aromatic heterocycles. The van der Waals surface area contributed by atoms with Crippen molar-refractivity contribution < 1.29 is 4.39 Å². The Balaban J connectivity index is 2.51. The summed E-state index contributed by atoms with van der Waals surface area (Å²) in [5.74, 6) is 1.63. The summed E-state index contributed by atoms with van der Waals surface area (Å²) in [5, 5.41) is 0. The third-order valence-corrected chi connectivity index (χ3v) is 6.03. The SMILES string of the molecule is C=C(C)C(/C=C1/c2ccc(C)c(SCF)c2CCC1C)CC(C)C. The zero-order valence-corrected chi connectivity index (χ0v) is 16.6. The number of hydrogen-bond donors (Lipinski definition) is 0. The number of hydrogen-bond acceptors (Lipinski definition) is 1. The van der Waals surface area contributed by atoms with E-state index in [1.54, 1.807) is 0 Å². The van der Waals surface area contributed by atoms with Gasteiger partial charge >= 0.3 is 0 Å². The summed E-state index contributed by atoms with van der Waals surface area (Å²) >= 11 is 1.34. The van der Waals surface area contributed by atoms with E-state index in [4.69, 9.17) is 0 Å². The number of fused-ring (bicyclic) bond motifs is 1. The molecule has 0 saturated carbocycles. The van der Waals surface area contributed by atoms with Gasteiger partial charge < -0.3 is 0 Å².